The number of benzene rings is 1. The lowest BCUT2D eigenvalue weighted by Crippen LogP contribution is -2.29. The van der Waals surface area contributed by atoms with Crippen molar-refractivity contribution in [2.45, 2.75) is 0 Å². The number of carbonyl (C=O) groups excluding carboxylic acids is 3. The van der Waals surface area contributed by atoms with Crippen molar-refractivity contribution in [3.63, 3.8) is 0 Å². The van der Waals surface area contributed by atoms with Crippen LogP contribution in [0.1, 0.15) is 30.5 Å². The minimum atomic E-state index is -0.448. The number of pyridine rings is 1. The first-order valence-electron chi connectivity index (χ1n) is 7.44. The number of fused-ring (bicyclic) bond motifs is 1. The van der Waals surface area contributed by atoms with Crippen molar-refractivity contribution in [1.82, 2.24) is 4.98 Å². The van der Waals surface area contributed by atoms with Gasteiger partial charge in [-0.05, 0) is 47.8 Å². The fraction of sp³-hybridized carbons (Fsp3) is 0. The summed E-state index contributed by atoms with van der Waals surface area (Å²) in [4.78, 5) is 42.5. The summed E-state index contributed by atoms with van der Waals surface area (Å²) in [6, 6.07) is 13.3. The van der Waals surface area contributed by atoms with Crippen LogP contribution >= 0.6 is 11.3 Å². The maximum absolute atomic E-state index is 12.4. The third-order valence-corrected chi connectivity index (χ3v) is 4.64. The normalized spacial score (nSPS) is 13.0. The summed E-state index contributed by atoms with van der Waals surface area (Å²) in [5.74, 6) is -1.05. The Morgan fingerprint density at radius 3 is 2.48 bits per heavy atom. The summed E-state index contributed by atoms with van der Waals surface area (Å²) in [6.45, 7) is 0. The van der Waals surface area contributed by atoms with Gasteiger partial charge in [0.25, 0.3) is 17.7 Å². The highest BCUT2D eigenvalue weighted by Crippen LogP contribution is 2.28. The Kier molecular flexibility index (Phi) is 3.62. The van der Waals surface area contributed by atoms with Crippen LogP contribution in [0, 0.1) is 0 Å². The van der Waals surface area contributed by atoms with Crippen molar-refractivity contribution in [3.8, 4) is 0 Å². The van der Waals surface area contributed by atoms with Crippen LogP contribution in [-0.4, -0.2) is 22.7 Å². The van der Waals surface area contributed by atoms with E-state index < -0.39 is 11.8 Å². The van der Waals surface area contributed by atoms with E-state index in [-0.39, 0.29) is 11.6 Å². The highest BCUT2D eigenvalue weighted by atomic mass is 32.1. The highest BCUT2D eigenvalue weighted by molar-refractivity contribution is 7.12. The lowest BCUT2D eigenvalue weighted by atomic mass is 10.2. The van der Waals surface area contributed by atoms with Gasteiger partial charge < -0.3 is 5.32 Å². The van der Waals surface area contributed by atoms with E-state index in [0.717, 1.165) is 4.90 Å². The van der Waals surface area contributed by atoms with Crippen LogP contribution in [0.5, 0.6) is 0 Å². The lowest BCUT2D eigenvalue weighted by Gasteiger charge is -2.14. The predicted molar refractivity (Wildman–Crippen MR) is 94.1 cm³/mol. The lowest BCUT2D eigenvalue weighted by molar-refractivity contribution is 0.0923. The molecule has 7 heteroatoms. The molecule has 3 amide bonds. The molecule has 0 saturated carbocycles. The smallest absolute Gasteiger partial charge is 0.284 e. The van der Waals surface area contributed by atoms with Crippen LogP contribution in [0.2, 0.25) is 0 Å². The van der Waals surface area contributed by atoms with E-state index in [0.29, 0.717) is 21.8 Å². The van der Waals surface area contributed by atoms with Crippen molar-refractivity contribution in [2.75, 3.05) is 10.2 Å². The first kappa shape index (κ1) is 15.2. The number of amides is 3. The number of imide groups is 1. The molecule has 0 fully saturated rings. The molecule has 25 heavy (non-hydrogen) atoms. The molecule has 0 unspecified atom stereocenters. The third kappa shape index (κ3) is 2.60. The summed E-state index contributed by atoms with van der Waals surface area (Å²) >= 11 is 1.35. The fourth-order valence-electron chi connectivity index (χ4n) is 2.60. The largest absolute Gasteiger partial charge is 0.321 e. The van der Waals surface area contributed by atoms with Gasteiger partial charge in [-0.25, -0.2) is 4.90 Å². The number of anilines is 2. The first-order chi connectivity index (χ1) is 12.1. The highest BCUT2D eigenvalue weighted by Gasteiger charge is 2.37. The zero-order valence-electron chi connectivity index (χ0n) is 12.8. The van der Waals surface area contributed by atoms with E-state index in [4.69, 9.17) is 0 Å². The molecule has 3 aromatic rings. The Morgan fingerprint density at radius 2 is 1.80 bits per heavy atom. The number of carbonyl (C=O) groups is 3. The number of hydrogen-bond donors (Lipinski definition) is 1. The van der Waals surface area contributed by atoms with Crippen molar-refractivity contribution in [3.05, 3.63) is 76.2 Å². The van der Waals surface area contributed by atoms with E-state index >= 15 is 0 Å². The average Bonchev–Trinajstić information content (AvgIpc) is 3.25. The second-order valence-electron chi connectivity index (χ2n) is 5.32. The van der Waals surface area contributed by atoms with Crippen molar-refractivity contribution in [2.24, 2.45) is 0 Å². The molecule has 0 aliphatic carbocycles. The van der Waals surface area contributed by atoms with Gasteiger partial charge in [0, 0.05) is 11.9 Å². The Labute approximate surface area is 146 Å². The Bertz CT molecular complexity index is 946. The summed E-state index contributed by atoms with van der Waals surface area (Å²) in [7, 11) is 0. The molecule has 0 atom stereocenters. The van der Waals surface area contributed by atoms with E-state index in [1.165, 1.54) is 17.5 Å². The molecule has 1 aliphatic rings. The molecular weight excluding hydrogens is 338 g/mol. The number of rotatable bonds is 3. The molecule has 2 aromatic heterocycles. The van der Waals surface area contributed by atoms with Crippen LogP contribution in [0.4, 0.5) is 11.4 Å². The third-order valence-electron chi connectivity index (χ3n) is 3.78. The second-order valence-corrected chi connectivity index (χ2v) is 6.27. The number of nitrogens with one attached hydrogen (secondary N) is 1. The SMILES string of the molecule is O=C(Nc1ccc(N2C(=O)c3cccnc3C2=O)cc1)c1cccs1. The molecule has 0 saturated heterocycles. The zero-order valence-corrected chi connectivity index (χ0v) is 13.6. The van der Waals surface area contributed by atoms with Crippen molar-refractivity contribution >= 4 is 40.4 Å². The van der Waals surface area contributed by atoms with E-state index in [1.54, 1.807) is 48.5 Å². The molecule has 1 aromatic carbocycles. The Morgan fingerprint density at radius 1 is 1.00 bits per heavy atom. The van der Waals surface area contributed by atoms with Gasteiger partial charge in [-0.2, -0.15) is 0 Å². The van der Waals surface area contributed by atoms with Gasteiger partial charge in [0.15, 0.2) is 0 Å². The number of thiophene rings is 1. The van der Waals surface area contributed by atoms with Crippen molar-refractivity contribution in [1.29, 1.82) is 0 Å². The summed E-state index contributed by atoms with van der Waals surface area (Å²) in [6.07, 6.45) is 1.48. The molecular formula is C18H11N3O3S. The molecule has 1 aliphatic heterocycles. The molecule has 1 N–H and O–H groups in total. The number of aromatic nitrogens is 1. The fourth-order valence-corrected chi connectivity index (χ4v) is 3.21. The molecule has 0 bridgehead atoms. The zero-order chi connectivity index (χ0) is 17.4. The summed E-state index contributed by atoms with van der Waals surface area (Å²) < 4.78 is 0. The standard InChI is InChI=1S/C18H11N3O3S/c22-16(14-4-2-10-25-14)20-11-5-7-12(8-6-11)21-17(23)13-3-1-9-19-15(13)18(21)24/h1-10H,(H,20,22). The van der Waals surface area contributed by atoms with Crippen LogP contribution in [0.3, 0.4) is 0 Å². The second kappa shape index (κ2) is 5.95. The minimum absolute atomic E-state index is 0.155. The predicted octanol–water partition coefficient (Wildman–Crippen LogP) is 3.20. The average molecular weight is 349 g/mol. The molecule has 4 rings (SSSR count). The topological polar surface area (TPSA) is 79.4 Å². The van der Waals surface area contributed by atoms with Gasteiger partial charge in [-0.15, -0.1) is 11.3 Å². The molecule has 0 radical (unpaired) electrons. The maximum Gasteiger partial charge on any atom is 0.284 e. The van der Waals surface area contributed by atoms with Crippen molar-refractivity contribution < 1.29 is 14.4 Å². The van der Waals surface area contributed by atoms with Gasteiger partial charge in [-0.1, -0.05) is 6.07 Å². The number of nitrogens with zero attached hydrogens (tertiary/aromatic N) is 2. The summed E-state index contributed by atoms with van der Waals surface area (Å²) in [5, 5.41) is 4.60. The van der Waals surface area contributed by atoms with Crippen LogP contribution in [-0.2, 0) is 0 Å². The van der Waals surface area contributed by atoms with E-state index in [2.05, 4.69) is 10.3 Å². The molecule has 0 spiro atoms. The van der Waals surface area contributed by atoms with Gasteiger partial charge in [0.05, 0.1) is 16.1 Å². The summed E-state index contributed by atoms with van der Waals surface area (Å²) in [5.41, 5.74) is 1.46. The van der Waals surface area contributed by atoms with E-state index in [1.807, 2.05) is 5.38 Å². The van der Waals surface area contributed by atoms with Gasteiger partial charge in [0.1, 0.15) is 5.69 Å². The molecule has 3 heterocycles. The first-order valence-corrected chi connectivity index (χ1v) is 8.32. The minimum Gasteiger partial charge on any atom is -0.321 e. The van der Waals surface area contributed by atoms with Crippen LogP contribution < -0.4 is 10.2 Å². The van der Waals surface area contributed by atoms with Crippen LogP contribution in [0.15, 0.2) is 60.1 Å². The van der Waals surface area contributed by atoms with Crippen LogP contribution in [0.25, 0.3) is 0 Å². The Balaban J connectivity index is 1.56. The number of hydrogen-bond acceptors (Lipinski definition) is 5. The quantitative estimate of drug-likeness (QED) is 0.737. The monoisotopic (exact) mass is 349 g/mol. The molecule has 6 nitrogen and oxygen atoms in total. The van der Waals surface area contributed by atoms with E-state index in [9.17, 15) is 14.4 Å². The Hall–Kier alpha value is -3.32. The van der Waals surface area contributed by atoms with Gasteiger partial charge >= 0.3 is 0 Å². The van der Waals surface area contributed by atoms with Gasteiger partial charge in [0.2, 0.25) is 0 Å². The van der Waals surface area contributed by atoms with Gasteiger partial charge in [-0.3, -0.25) is 19.4 Å². The molecule has 122 valence electrons. The maximum atomic E-state index is 12.4.